The Morgan fingerprint density at radius 3 is 2.62 bits per heavy atom. The highest BCUT2D eigenvalue weighted by Gasteiger charge is 2.02. The summed E-state index contributed by atoms with van der Waals surface area (Å²) in [4.78, 5) is 4.16. The molecule has 0 aliphatic carbocycles. The molecule has 0 spiro atoms. The van der Waals surface area contributed by atoms with Gasteiger partial charge in [0.25, 0.3) is 0 Å². The van der Waals surface area contributed by atoms with E-state index in [1.165, 1.54) is 11.5 Å². The zero-order chi connectivity index (χ0) is 11.4. The Labute approximate surface area is 103 Å². The van der Waals surface area contributed by atoms with Gasteiger partial charge in [0.1, 0.15) is 5.82 Å². The molecule has 2 rings (SSSR count). The summed E-state index contributed by atoms with van der Waals surface area (Å²) in [5, 5.41) is 7.25. The van der Waals surface area contributed by atoms with Gasteiger partial charge in [0.05, 0.1) is 0 Å². The Morgan fingerprint density at radius 1 is 1.25 bits per heavy atom. The van der Waals surface area contributed by atoms with Crippen molar-refractivity contribution < 1.29 is 0 Å². The summed E-state index contributed by atoms with van der Waals surface area (Å²) in [5.74, 6) is 0.745. The molecule has 16 heavy (non-hydrogen) atoms. The number of anilines is 2. The van der Waals surface area contributed by atoms with E-state index in [9.17, 15) is 0 Å². The van der Waals surface area contributed by atoms with Crippen LogP contribution in [-0.2, 0) is 0 Å². The third-order valence-electron chi connectivity index (χ3n) is 1.78. The highest BCUT2D eigenvalue weighted by molar-refractivity contribution is 7.80. The van der Waals surface area contributed by atoms with Crippen LogP contribution < -0.4 is 10.6 Å². The van der Waals surface area contributed by atoms with Crippen LogP contribution in [-0.4, -0.2) is 14.5 Å². The first-order valence-corrected chi connectivity index (χ1v) is 5.85. The first-order valence-electron chi connectivity index (χ1n) is 4.67. The first kappa shape index (κ1) is 11.0. The van der Waals surface area contributed by atoms with Crippen LogP contribution in [0.5, 0.6) is 0 Å². The zero-order valence-electron chi connectivity index (χ0n) is 8.60. The maximum Gasteiger partial charge on any atom is 0.208 e. The van der Waals surface area contributed by atoms with Crippen molar-refractivity contribution in [2.75, 3.05) is 10.6 Å². The Bertz CT molecular complexity index is 481. The van der Waals surface area contributed by atoms with Gasteiger partial charge < -0.3 is 10.6 Å². The van der Waals surface area contributed by atoms with E-state index in [0.717, 1.165) is 11.5 Å². The van der Waals surface area contributed by atoms with Crippen molar-refractivity contribution in [1.82, 2.24) is 9.36 Å². The molecule has 4 nitrogen and oxygen atoms in total. The van der Waals surface area contributed by atoms with E-state index in [0.29, 0.717) is 10.2 Å². The minimum atomic E-state index is 0.516. The number of hydrogen-bond acceptors (Lipinski definition) is 4. The van der Waals surface area contributed by atoms with Gasteiger partial charge in [-0.3, -0.25) is 0 Å². The molecule has 1 aromatic heterocycles. The molecule has 0 amide bonds. The van der Waals surface area contributed by atoms with Crippen molar-refractivity contribution in [3.63, 3.8) is 0 Å². The lowest BCUT2D eigenvalue weighted by Crippen LogP contribution is -2.18. The third kappa shape index (κ3) is 2.98. The van der Waals surface area contributed by atoms with Gasteiger partial charge in [0, 0.05) is 17.2 Å². The topological polar surface area (TPSA) is 49.8 Å². The monoisotopic (exact) mass is 250 g/mol. The molecule has 0 aliphatic rings. The number of para-hydroxylation sites is 1. The van der Waals surface area contributed by atoms with E-state index in [1.807, 2.05) is 37.3 Å². The Kier molecular flexibility index (Phi) is 3.43. The largest absolute Gasteiger partial charge is 0.332 e. The van der Waals surface area contributed by atoms with E-state index in [4.69, 9.17) is 12.2 Å². The van der Waals surface area contributed by atoms with Crippen molar-refractivity contribution in [3.05, 3.63) is 36.2 Å². The van der Waals surface area contributed by atoms with Gasteiger partial charge >= 0.3 is 0 Å². The first-order chi connectivity index (χ1) is 7.74. The van der Waals surface area contributed by atoms with Gasteiger partial charge in [-0.05, 0) is 31.3 Å². The lowest BCUT2D eigenvalue weighted by molar-refractivity contribution is 1.17. The predicted molar refractivity (Wildman–Crippen MR) is 70.9 cm³/mol. The number of aromatic nitrogens is 2. The third-order valence-corrected chi connectivity index (χ3v) is 2.71. The van der Waals surface area contributed by atoms with Crippen molar-refractivity contribution in [2.45, 2.75) is 6.92 Å². The maximum atomic E-state index is 5.14. The van der Waals surface area contributed by atoms with Crippen molar-refractivity contribution in [2.24, 2.45) is 0 Å². The van der Waals surface area contributed by atoms with E-state index in [1.54, 1.807) is 0 Å². The Balaban J connectivity index is 1.95. The van der Waals surface area contributed by atoms with Gasteiger partial charge in [-0.25, -0.2) is 4.98 Å². The van der Waals surface area contributed by atoms with Crippen LogP contribution in [0.25, 0.3) is 0 Å². The highest BCUT2D eigenvalue weighted by atomic mass is 32.1. The van der Waals surface area contributed by atoms with E-state index in [-0.39, 0.29) is 0 Å². The molecule has 1 aromatic carbocycles. The van der Waals surface area contributed by atoms with Crippen LogP contribution in [0.3, 0.4) is 0 Å². The molecule has 2 aromatic rings. The normalized spacial score (nSPS) is 9.81. The highest BCUT2D eigenvalue weighted by Crippen LogP contribution is 2.11. The average molecular weight is 250 g/mol. The van der Waals surface area contributed by atoms with Crippen molar-refractivity contribution in [3.8, 4) is 0 Å². The summed E-state index contributed by atoms with van der Waals surface area (Å²) in [6.07, 6.45) is 0. The molecule has 0 atom stereocenters. The molecular weight excluding hydrogens is 240 g/mol. The molecule has 82 valence electrons. The van der Waals surface area contributed by atoms with Gasteiger partial charge in [-0.2, -0.15) is 4.37 Å². The molecule has 1 heterocycles. The standard InChI is InChI=1S/C10H10N4S2/c1-7-11-10(16-14-7)13-9(15)12-8-5-3-2-4-6-8/h2-6H,1H3,(H2,11,12,13,14,15). The summed E-state index contributed by atoms with van der Waals surface area (Å²) in [6.45, 7) is 1.84. The van der Waals surface area contributed by atoms with Crippen molar-refractivity contribution in [1.29, 1.82) is 0 Å². The second-order valence-corrected chi connectivity index (χ2v) is 4.25. The van der Waals surface area contributed by atoms with E-state index >= 15 is 0 Å². The molecule has 6 heteroatoms. The molecule has 0 fully saturated rings. The van der Waals surface area contributed by atoms with Gasteiger partial charge in [-0.1, -0.05) is 18.2 Å². The number of nitrogens with one attached hydrogen (secondary N) is 2. The minimum Gasteiger partial charge on any atom is -0.332 e. The smallest absolute Gasteiger partial charge is 0.208 e. The number of rotatable bonds is 2. The summed E-state index contributed by atoms with van der Waals surface area (Å²) in [6, 6.07) is 9.73. The molecule has 0 radical (unpaired) electrons. The quantitative estimate of drug-likeness (QED) is 0.802. The zero-order valence-corrected chi connectivity index (χ0v) is 10.2. The number of thiocarbonyl (C=S) groups is 1. The molecule has 0 saturated heterocycles. The fourth-order valence-corrected chi connectivity index (χ4v) is 1.99. The van der Waals surface area contributed by atoms with Crippen LogP contribution in [0, 0.1) is 6.92 Å². The lowest BCUT2D eigenvalue weighted by atomic mass is 10.3. The Morgan fingerprint density at radius 2 is 2.00 bits per heavy atom. The average Bonchev–Trinajstić information content (AvgIpc) is 2.65. The van der Waals surface area contributed by atoms with Gasteiger partial charge in [-0.15, -0.1) is 0 Å². The maximum absolute atomic E-state index is 5.14. The molecule has 2 N–H and O–H groups in total. The summed E-state index contributed by atoms with van der Waals surface area (Å²) >= 11 is 6.43. The predicted octanol–water partition coefficient (Wildman–Crippen LogP) is 2.66. The Hall–Kier alpha value is -1.53. The van der Waals surface area contributed by atoms with Crippen LogP contribution >= 0.6 is 23.8 Å². The number of hydrogen-bond donors (Lipinski definition) is 2. The van der Waals surface area contributed by atoms with Crippen LogP contribution in [0.2, 0.25) is 0 Å². The number of nitrogens with zero attached hydrogens (tertiary/aromatic N) is 2. The van der Waals surface area contributed by atoms with Crippen LogP contribution in [0.1, 0.15) is 5.82 Å². The number of aryl methyl sites for hydroxylation is 1. The van der Waals surface area contributed by atoms with Crippen LogP contribution in [0.15, 0.2) is 30.3 Å². The summed E-state index contributed by atoms with van der Waals surface area (Å²) < 4.78 is 4.06. The summed E-state index contributed by atoms with van der Waals surface area (Å²) in [7, 11) is 0. The second kappa shape index (κ2) is 5.00. The fourth-order valence-electron chi connectivity index (χ4n) is 1.13. The second-order valence-electron chi connectivity index (χ2n) is 3.09. The molecule has 0 bridgehead atoms. The number of benzene rings is 1. The molecule has 0 saturated carbocycles. The fraction of sp³-hybridized carbons (Fsp3) is 0.100. The van der Waals surface area contributed by atoms with Crippen LogP contribution in [0.4, 0.5) is 10.8 Å². The molecular formula is C10H10N4S2. The molecule has 0 unspecified atom stereocenters. The van der Waals surface area contributed by atoms with E-state index < -0.39 is 0 Å². The van der Waals surface area contributed by atoms with Gasteiger partial charge in [0.2, 0.25) is 5.13 Å². The lowest BCUT2D eigenvalue weighted by Gasteiger charge is -2.07. The summed E-state index contributed by atoms with van der Waals surface area (Å²) in [5.41, 5.74) is 0.946. The minimum absolute atomic E-state index is 0.516. The van der Waals surface area contributed by atoms with Crippen molar-refractivity contribution >= 4 is 39.7 Å². The van der Waals surface area contributed by atoms with E-state index in [2.05, 4.69) is 20.0 Å². The van der Waals surface area contributed by atoms with Gasteiger partial charge in [0.15, 0.2) is 5.11 Å². The SMILES string of the molecule is Cc1nsc(NC(=S)Nc2ccccc2)n1. The molecule has 0 aliphatic heterocycles.